The van der Waals surface area contributed by atoms with Crippen molar-refractivity contribution < 1.29 is 89.4 Å². The van der Waals surface area contributed by atoms with Gasteiger partial charge in [0.25, 0.3) is 0 Å². The lowest BCUT2D eigenvalue weighted by Crippen LogP contribution is -2.66. The van der Waals surface area contributed by atoms with Crippen LogP contribution in [0.1, 0.15) is 239 Å². The first kappa shape index (κ1) is 97.1. The summed E-state index contributed by atoms with van der Waals surface area (Å²) >= 11 is 0. The summed E-state index contributed by atoms with van der Waals surface area (Å²) in [6.45, 7) is 1.56. The topological polar surface area (TPSA) is 307 Å². The van der Waals surface area contributed by atoms with E-state index in [4.69, 9.17) is 28.4 Å². The second-order valence-electron chi connectivity index (χ2n) is 28.1. The Morgan fingerprint density at radius 2 is 0.648 bits per heavy atom. The van der Waals surface area contributed by atoms with Gasteiger partial charge in [0, 0.05) is 6.42 Å². The van der Waals surface area contributed by atoms with Crippen LogP contribution in [0.3, 0.4) is 0 Å². The van der Waals surface area contributed by atoms with E-state index in [1.165, 1.54) is 77.0 Å². The molecule has 612 valence electrons. The smallest absolute Gasteiger partial charge is 0.220 e. The number of carbonyl (C=O) groups is 1. The normalized spacial score (nSPS) is 26.4. The van der Waals surface area contributed by atoms with E-state index in [9.17, 15) is 61.0 Å². The van der Waals surface area contributed by atoms with Gasteiger partial charge in [0.1, 0.15) is 73.2 Å². The molecule has 0 radical (unpaired) electrons. The van der Waals surface area contributed by atoms with Gasteiger partial charge >= 0.3 is 0 Å². The van der Waals surface area contributed by atoms with E-state index in [1.54, 1.807) is 6.08 Å². The molecule has 0 saturated carbocycles. The number of ether oxygens (including phenoxy) is 6. The minimum absolute atomic E-state index is 0.190. The molecular formula is C89H143NO18. The second-order valence-corrected chi connectivity index (χ2v) is 28.1. The van der Waals surface area contributed by atoms with Crippen molar-refractivity contribution in [1.82, 2.24) is 5.32 Å². The summed E-state index contributed by atoms with van der Waals surface area (Å²) < 4.78 is 34.4. The number of aliphatic hydroxyl groups excluding tert-OH is 11. The summed E-state index contributed by atoms with van der Waals surface area (Å²) in [4.78, 5) is 13.5. The molecule has 0 aromatic carbocycles. The maximum Gasteiger partial charge on any atom is 0.220 e. The fourth-order valence-electron chi connectivity index (χ4n) is 12.4. The molecule has 3 fully saturated rings. The molecular weight excluding hydrogens is 1370 g/mol. The third kappa shape index (κ3) is 45.4. The Kier molecular flexibility index (Phi) is 59.8. The number of rotatable bonds is 62. The van der Waals surface area contributed by atoms with Crippen molar-refractivity contribution in [1.29, 1.82) is 0 Å². The van der Waals surface area contributed by atoms with E-state index in [0.717, 1.165) is 128 Å². The van der Waals surface area contributed by atoms with Crippen LogP contribution >= 0.6 is 0 Å². The minimum atomic E-state index is -2.00. The molecule has 17 unspecified atom stereocenters. The largest absolute Gasteiger partial charge is 0.394 e. The molecule has 0 bridgehead atoms. The van der Waals surface area contributed by atoms with E-state index in [-0.39, 0.29) is 12.3 Å². The summed E-state index contributed by atoms with van der Waals surface area (Å²) in [5, 5.41) is 121. The van der Waals surface area contributed by atoms with Crippen molar-refractivity contribution in [2.45, 2.75) is 343 Å². The zero-order chi connectivity index (χ0) is 78.1. The number of hydrogen-bond acceptors (Lipinski definition) is 18. The third-order valence-electron chi connectivity index (χ3n) is 18.9. The van der Waals surface area contributed by atoms with Gasteiger partial charge < -0.3 is 89.9 Å². The van der Waals surface area contributed by atoms with Crippen LogP contribution in [0, 0.1) is 0 Å². The summed E-state index contributed by atoms with van der Waals surface area (Å²) in [6, 6.07) is -1.03. The molecule has 3 heterocycles. The van der Waals surface area contributed by atoms with E-state index in [2.05, 4.69) is 189 Å². The molecule has 108 heavy (non-hydrogen) atoms. The first-order valence-electron chi connectivity index (χ1n) is 41.0. The van der Waals surface area contributed by atoms with Crippen LogP contribution in [0.25, 0.3) is 0 Å². The minimum Gasteiger partial charge on any atom is -0.394 e. The van der Waals surface area contributed by atoms with Gasteiger partial charge in [-0.2, -0.15) is 0 Å². The molecule has 0 aliphatic carbocycles. The quantitative estimate of drug-likeness (QED) is 0.0199. The van der Waals surface area contributed by atoms with Gasteiger partial charge in [-0.05, 0) is 135 Å². The van der Waals surface area contributed by atoms with Crippen molar-refractivity contribution in [3.63, 3.8) is 0 Å². The SMILES string of the molecule is CC/C=C\C/C=C\C/C=C\C/C=C\C/C=C\C/C=C\C/C=C\C/C=C\C/C=C\C/C=C\C/C=C\C/C=C\CCCCCCC(=O)NC(COC1OC(CO)C(OC2OC(CO)C(OC3OC(CO)C(O)C(O)C3O)C(O)C2O)C(O)C1O)C(O)/C=C/CC/C=C/CC/C=C/CCCCCCCCCCCCCC. The van der Waals surface area contributed by atoms with E-state index in [1.807, 2.05) is 6.08 Å². The fourth-order valence-corrected chi connectivity index (χ4v) is 12.4. The number of aliphatic hydroxyl groups is 11. The van der Waals surface area contributed by atoms with Crippen molar-refractivity contribution in [2.75, 3.05) is 26.4 Å². The number of nitrogens with one attached hydrogen (secondary N) is 1. The first-order chi connectivity index (χ1) is 52.8. The number of amides is 1. The molecule has 0 aromatic rings. The highest BCUT2D eigenvalue weighted by Crippen LogP contribution is 2.33. The van der Waals surface area contributed by atoms with Gasteiger partial charge in [-0.1, -0.05) is 280 Å². The highest BCUT2D eigenvalue weighted by Gasteiger charge is 2.54. The highest BCUT2D eigenvalue weighted by molar-refractivity contribution is 5.76. The Labute approximate surface area is 649 Å². The zero-order valence-corrected chi connectivity index (χ0v) is 65.5. The maximum atomic E-state index is 13.5. The number of carbonyl (C=O) groups excluding carboxylic acids is 1. The molecule has 3 rings (SSSR count). The van der Waals surface area contributed by atoms with E-state index in [0.29, 0.717) is 12.8 Å². The summed E-state index contributed by atoms with van der Waals surface area (Å²) in [6.07, 6.45) is 74.4. The molecule has 3 aliphatic rings. The Morgan fingerprint density at radius 3 is 1.04 bits per heavy atom. The monoisotopic (exact) mass is 1510 g/mol. The summed E-state index contributed by atoms with van der Waals surface area (Å²) in [5.74, 6) is -0.321. The Balaban J connectivity index is 1.38. The molecule has 19 heteroatoms. The predicted octanol–water partition coefficient (Wildman–Crippen LogP) is 14.3. The van der Waals surface area contributed by atoms with Gasteiger partial charge in [-0.15, -0.1) is 0 Å². The lowest BCUT2D eigenvalue weighted by Gasteiger charge is -2.48. The third-order valence-corrected chi connectivity index (χ3v) is 18.9. The van der Waals surface area contributed by atoms with Gasteiger partial charge in [0.2, 0.25) is 5.91 Å². The average molecular weight is 1520 g/mol. The molecule has 0 spiro atoms. The highest BCUT2D eigenvalue weighted by atomic mass is 16.8. The Hall–Kier alpha value is -5.11. The molecule has 17 atom stereocenters. The van der Waals surface area contributed by atoms with Crippen LogP contribution in [0.5, 0.6) is 0 Å². The van der Waals surface area contributed by atoms with Crippen LogP contribution in [0.2, 0.25) is 0 Å². The number of hydrogen-bond donors (Lipinski definition) is 12. The Morgan fingerprint density at radius 1 is 0.343 bits per heavy atom. The fraction of sp³-hybridized carbons (Fsp3) is 0.652. The Bertz CT molecular complexity index is 2670. The van der Waals surface area contributed by atoms with Crippen LogP contribution in [-0.4, -0.2) is 193 Å². The van der Waals surface area contributed by atoms with Crippen molar-refractivity contribution in [3.05, 3.63) is 182 Å². The molecule has 12 N–H and O–H groups in total. The molecule has 0 aromatic heterocycles. The van der Waals surface area contributed by atoms with Gasteiger partial charge in [-0.25, -0.2) is 0 Å². The van der Waals surface area contributed by atoms with Gasteiger partial charge in [0.15, 0.2) is 18.9 Å². The molecule has 3 saturated heterocycles. The van der Waals surface area contributed by atoms with Crippen LogP contribution in [-0.2, 0) is 33.2 Å². The van der Waals surface area contributed by atoms with Crippen molar-refractivity contribution in [2.24, 2.45) is 0 Å². The van der Waals surface area contributed by atoms with E-state index < -0.39 is 131 Å². The second kappa shape index (κ2) is 66.5. The van der Waals surface area contributed by atoms with Crippen LogP contribution < -0.4 is 5.32 Å². The van der Waals surface area contributed by atoms with E-state index >= 15 is 0 Å². The number of unbranched alkanes of at least 4 members (excludes halogenated alkanes) is 18. The summed E-state index contributed by atoms with van der Waals surface area (Å²) in [7, 11) is 0. The average Bonchev–Trinajstić information content (AvgIpc) is 0.787. The molecule has 3 aliphatic heterocycles. The first-order valence-corrected chi connectivity index (χ1v) is 41.0. The summed E-state index contributed by atoms with van der Waals surface area (Å²) in [5.41, 5.74) is 0. The lowest BCUT2D eigenvalue weighted by molar-refractivity contribution is -0.379. The van der Waals surface area contributed by atoms with Crippen LogP contribution in [0.15, 0.2) is 182 Å². The lowest BCUT2D eigenvalue weighted by atomic mass is 9.96. The predicted molar refractivity (Wildman–Crippen MR) is 433 cm³/mol. The zero-order valence-electron chi connectivity index (χ0n) is 65.5. The standard InChI is InChI=1S/C89H143NO18/c1-3-5-7-9-11-13-15-17-19-21-23-25-27-28-29-30-31-32-33-34-35-36-37-38-39-40-41-42-43-44-45-47-49-51-53-55-57-59-61-63-65-67-77(95)90-72(73(94)66-64-62-60-58-56-54-52-50-48-46-26-24-22-20-18-16-14-12-10-8-6-4-2)71-103-87-83(101)80(98)85(75(69-92)105-87)108-89-84(102)81(99)86(76(70-93)106-89)107-88-82(100)79(97)78(96)74(68-91)104-88/h5,7,11,13,17,19,23,25,28-29,31-32,34-35,37-38,40-41,43-44,47-50,53,55-56,58,64,66,72-76,78-89,91-94,96-102H,3-4,6,8-10,12,14-16,18,20-22,24,26-27,30,33,36,39,42,45-46,51-52,54,57,59-63,65,67-71H2,1-2H3,(H,90,95)/b7-5-,13-11-,19-17-,25-23-,29-28-,32-31-,35-34-,38-37-,41-40-,44-43-,49-47-,50-48+,55-53-,58-56+,66-64+. The van der Waals surface area contributed by atoms with Crippen molar-refractivity contribution >= 4 is 5.91 Å². The molecule has 1 amide bonds. The van der Waals surface area contributed by atoms with Gasteiger partial charge in [0.05, 0.1) is 38.6 Å². The van der Waals surface area contributed by atoms with Gasteiger partial charge in [-0.3, -0.25) is 4.79 Å². The van der Waals surface area contributed by atoms with Crippen molar-refractivity contribution in [3.8, 4) is 0 Å². The number of allylic oxidation sites excluding steroid dienone is 29. The molecule has 19 nitrogen and oxygen atoms in total. The maximum absolute atomic E-state index is 13.5. The van der Waals surface area contributed by atoms with Crippen LogP contribution in [0.4, 0.5) is 0 Å².